The molecule has 5 heteroatoms. The quantitative estimate of drug-likeness (QED) is 0.636. The number of carbonyl (C=O) groups is 2. The summed E-state index contributed by atoms with van der Waals surface area (Å²) in [5.41, 5.74) is 0.773. The molecular formula is C13H12N2O3. The summed E-state index contributed by atoms with van der Waals surface area (Å²) in [4.78, 5) is 26.1. The highest BCUT2D eigenvalue weighted by Crippen LogP contribution is 2.16. The van der Waals surface area contributed by atoms with Gasteiger partial charge < -0.3 is 15.0 Å². The van der Waals surface area contributed by atoms with Crippen LogP contribution >= 0.6 is 0 Å². The van der Waals surface area contributed by atoms with E-state index in [9.17, 15) is 9.59 Å². The van der Waals surface area contributed by atoms with E-state index in [2.05, 4.69) is 10.3 Å². The van der Waals surface area contributed by atoms with Crippen molar-refractivity contribution in [2.45, 2.75) is 0 Å². The molecule has 0 saturated heterocycles. The first-order valence-electron chi connectivity index (χ1n) is 5.34. The molecular weight excluding hydrogens is 232 g/mol. The number of aromatic amines is 1. The summed E-state index contributed by atoms with van der Waals surface area (Å²) >= 11 is 0. The number of hydrogen-bond donors (Lipinski definition) is 2. The van der Waals surface area contributed by atoms with E-state index in [0.29, 0.717) is 11.4 Å². The summed E-state index contributed by atoms with van der Waals surface area (Å²) in [6, 6.07) is 10.0. The van der Waals surface area contributed by atoms with Crippen molar-refractivity contribution in [2.75, 3.05) is 12.4 Å². The molecule has 2 N–H and O–H groups in total. The predicted octanol–water partition coefficient (Wildman–Crippen LogP) is 1.84. The third-order valence-electron chi connectivity index (χ3n) is 2.38. The van der Waals surface area contributed by atoms with Crippen molar-refractivity contribution in [3.05, 3.63) is 48.3 Å². The summed E-state index contributed by atoms with van der Waals surface area (Å²) in [5, 5.41) is 2.52. The number of ether oxygens (including phenoxy) is 1. The number of nitrogens with one attached hydrogen (secondary N) is 2. The minimum atomic E-state index is -0.689. The molecule has 1 aromatic heterocycles. The molecule has 1 heterocycles. The number of hydrogen-bond acceptors (Lipinski definition) is 3. The third-order valence-corrected chi connectivity index (χ3v) is 2.38. The van der Waals surface area contributed by atoms with Gasteiger partial charge in [0.1, 0.15) is 5.75 Å². The Bertz CT molecular complexity index is 561. The Labute approximate surface area is 104 Å². The maximum atomic E-state index is 11.7. The lowest BCUT2D eigenvalue weighted by Crippen LogP contribution is -2.23. The Kier molecular flexibility index (Phi) is 3.43. The van der Waals surface area contributed by atoms with Crippen LogP contribution in [0.4, 0.5) is 5.69 Å². The Morgan fingerprint density at radius 3 is 2.72 bits per heavy atom. The molecule has 5 nitrogen and oxygen atoms in total. The van der Waals surface area contributed by atoms with Gasteiger partial charge in [-0.1, -0.05) is 6.07 Å². The zero-order valence-electron chi connectivity index (χ0n) is 9.77. The number of anilines is 1. The van der Waals surface area contributed by atoms with E-state index >= 15 is 0 Å². The molecule has 0 aliphatic rings. The number of H-pyrrole nitrogens is 1. The van der Waals surface area contributed by atoms with Gasteiger partial charge in [0.05, 0.1) is 12.8 Å². The molecule has 1 amide bonds. The van der Waals surface area contributed by atoms with E-state index in [-0.39, 0.29) is 5.69 Å². The average Bonchev–Trinajstić information content (AvgIpc) is 2.92. The second-order valence-electron chi connectivity index (χ2n) is 3.60. The second kappa shape index (κ2) is 5.18. The highest BCUT2D eigenvalue weighted by molar-refractivity contribution is 6.46. The molecule has 1 aromatic carbocycles. The van der Waals surface area contributed by atoms with Gasteiger partial charge in [-0.25, -0.2) is 0 Å². The normalized spacial score (nSPS) is 9.83. The molecule has 0 aliphatic heterocycles. The average molecular weight is 244 g/mol. The van der Waals surface area contributed by atoms with Crippen LogP contribution < -0.4 is 10.1 Å². The number of Topliss-reactive ketones (excluding diaryl/α,β-unsaturated/α-hetero) is 1. The van der Waals surface area contributed by atoms with Crippen LogP contribution in [0.25, 0.3) is 0 Å². The maximum Gasteiger partial charge on any atom is 0.298 e. The van der Waals surface area contributed by atoms with E-state index in [1.807, 2.05) is 0 Å². The van der Waals surface area contributed by atoms with Gasteiger partial charge in [0.15, 0.2) is 0 Å². The van der Waals surface area contributed by atoms with Crippen molar-refractivity contribution >= 4 is 17.4 Å². The summed E-state index contributed by atoms with van der Waals surface area (Å²) in [7, 11) is 1.53. The maximum absolute atomic E-state index is 11.7. The number of benzene rings is 1. The van der Waals surface area contributed by atoms with Gasteiger partial charge in [-0.3, -0.25) is 9.59 Å². The smallest absolute Gasteiger partial charge is 0.298 e. The van der Waals surface area contributed by atoms with E-state index in [4.69, 9.17) is 4.74 Å². The van der Waals surface area contributed by atoms with Crippen LogP contribution in [-0.2, 0) is 4.79 Å². The number of amides is 1. The molecule has 0 unspecified atom stereocenters. The van der Waals surface area contributed by atoms with E-state index in [1.165, 1.54) is 7.11 Å². The third kappa shape index (κ3) is 2.57. The van der Waals surface area contributed by atoms with Crippen molar-refractivity contribution in [1.82, 2.24) is 4.98 Å². The number of aromatic nitrogens is 1. The van der Waals surface area contributed by atoms with Gasteiger partial charge in [-0.2, -0.15) is 0 Å². The fourth-order valence-corrected chi connectivity index (χ4v) is 1.48. The topological polar surface area (TPSA) is 71.2 Å². The summed E-state index contributed by atoms with van der Waals surface area (Å²) in [5.74, 6) is -0.686. The summed E-state index contributed by atoms with van der Waals surface area (Å²) < 4.78 is 5.03. The van der Waals surface area contributed by atoms with E-state index in [1.54, 1.807) is 42.6 Å². The highest BCUT2D eigenvalue weighted by Gasteiger charge is 2.16. The van der Waals surface area contributed by atoms with Crippen LogP contribution in [0.3, 0.4) is 0 Å². The van der Waals surface area contributed by atoms with Gasteiger partial charge in [0.2, 0.25) is 0 Å². The first-order chi connectivity index (χ1) is 8.70. The Morgan fingerprint density at radius 2 is 2.06 bits per heavy atom. The van der Waals surface area contributed by atoms with E-state index in [0.717, 1.165) is 0 Å². The number of carbonyl (C=O) groups excluding carboxylic acids is 2. The van der Waals surface area contributed by atoms with Gasteiger partial charge in [0, 0.05) is 18.0 Å². The van der Waals surface area contributed by atoms with Crippen LogP contribution in [0.1, 0.15) is 10.5 Å². The lowest BCUT2D eigenvalue weighted by molar-refractivity contribution is -0.112. The zero-order chi connectivity index (χ0) is 13.0. The molecule has 0 saturated carbocycles. The van der Waals surface area contributed by atoms with Gasteiger partial charge in [-0.05, 0) is 24.3 Å². The molecule has 0 radical (unpaired) electrons. The molecule has 0 atom stereocenters. The molecule has 18 heavy (non-hydrogen) atoms. The molecule has 0 bridgehead atoms. The second-order valence-corrected chi connectivity index (χ2v) is 3.60. The fraction of sp³-hybridized carbons (Fsp3) is 0.0769. The van der Waals surface area contributed by atoms with Crippen molar-refractivity contribution in [1.29, 1.82) is 0 Å². The standard InChI is InChI=1S/C13H12N2O3/c1-18-10-5-2-4-9(8-10)15-13(17)12(16)11-6-3-7-14-11/h2-8,14H,1H3,(H,15,17). The Morgan fingerprint density at radius 1 is 1.22 bits per heavy atom. The fourth-order valence-electron chi connectivity index (χ4n) is 1.48. The molecule has 0 fully saturated rings. The minimum absolute atomic E-state index is 0.260. The lowest BCUT2D eigenvalue weighted by atomic mass is 10.2. The van der Waals surface area contributed by atoms with Crippen molar-refractivity contribution in [3.63, 3.8) is 0 Å². The number of rotatable bonds is 4. The Balaban J connectivity index is 2.09. The van der Waals surface area contributed by atoms with Crippen molar-refractivity contribution < 1.29 is 14.3 Å². The van der Waals surface area contributed by atoms with Crippen LogP contribution in [0.2, 0.25) is 0 Å². The molecule has 0 aliphatic carbocycles. The van der Waals surface area contributed by atoms with Gasteiger partial charge in [-0.15, -0.1) is 0 Å². The summed E-state index contributed by atoms with van der Waals surface area (Å²) in [6.07, 6.45) is 1.59. The molecule has 0 spiro atoms. The minimum Gasteiger partial charge on any atom is -0.497 e. The monoisotopic (exact) mass is 244 g/mol. The molecule has 2 aromatic rings. The van der Waals surface area contributed by atoms with Crippen LogP contribution in [-0.4, -0.2) is 23.8 Å². The SMILES string of the molecule is COc1cccc(NC(=O)C(=O)c2ccc[nH]2)c1. The van der Waals surface area contributed by atoms with Crippen LogP contribution in [0.5, 0.6) is 5.75 Å². The Hall–Kier alpha value is -2.56. The number of methoxy groups -OCH3 is 1. The predicted molar refractivity (Wildman–Crippen MR) is 66.7 cm³/mol. The summed E-state index contributed by atoms with van der Waals surface area (Å²) in [6.45, 7) is 0. The van der Waals surface area contributed by atoms with Crippen molar-refractivity contribution in [3.8, 4) is 5.75 Å². The van der Waals surface area contributed by atoms with Gasteiger partial charge >= 0.3 is 0 Å². The largest absolute Gasteiger partial charge is 0.497 e. The molecule has 2 rings (SSSR count). The van der Waals surface area contributed by atoms with Crippen LogP contribution in [0, 0.1) is 0 Å². The number of ketones is 1. The lowest BCUT2D eigenvalue weighted by Gasteiger charge is -2.05. The highest BCUT2D eigenvalue weighted by atomic mass is 16.5. The zero-order valence-corrected chi connectivity index (χ0v) is 9.77. The first-order valence-corrected chi connectivity index (χ1v) is 5.34. The van der Waals surface area contributed by atoms with Crippen molar-refractivity contribution in [2.24, 2.45) is 0 Å². The molecule has 92 valence electrons. The van der Waals surface area contributed by atoms with E-state index < -0.39 is 11.7 Å². The van der Waals surface area contributed by atoms with Crippen LogP contribution in [0.15, 0.2) is 42.6 Å². The first kappa shape index (κ1) is 11.9. The van der Waals surface area contributed by atoms with Gasteiger partial charge in [0.25, 0.3) is 11.7 Å².